The SMILES string of the molecule is C1CC([SiH2][SiH]2[SiH2][SiH2][SiH2][SiH2]2)C1. The van der Waals surface area contributed by atoms with Crippen molar-refractivity contribution in [3.8, 4) is 0 Å². The fourth-order valence-corrected chi connectivity index (χ4v) is 281. The van der Waals surface area contributed by atoms with Crippen LogP contribution in [-0.2, 0) is 0 Å². The summed E-state index contributed by atoms with van der Waals surface area (Å²) in [6, 6.07) is 0. The summed E-state index contributed by atoms with van der Waals surface area (Å²) in [5.41, 5.74) is 1.47. The summed E-state index contributed by atoms with van der Waals surface area (Å²) in [6.07, 6.45) is 5.08. The maximum Gasteiger partial charge on any atom is 0.00896 e. The lowest BCUT2D eigenvalue weighted by Gasteiger charge is -2.26. The normalized spacial score (nSPS) is 45.0. The van der Waals surface area contributed by atoms with Crippen LogP contribution in [-0.4, -0.2) is 50.6 Å². The first-order valence-electron chi connectivity index (χ1n) is 4.95. The Morgan fingerprint density at radius 1 is 1.20 bits per heavy atom. The molecule has 0 N–H and O–H groups in total. The highest BCUT2D eigenvalue weighted by atomic mass is 30.2. The average Bonchev–Trinajstić information content (AvgIpc) is 2.29. The molecule has 1 saturated carbocycles. The van der Waals surface area contributed by atoms with Crippen molar-refractivity contribution < 1.29 is 0 Å². The van der Waals surface area contributed by atoms with Crippen molar-refractivity contribution in [2.45, 2.75) is 24.8 Å². The van der Waals surface area contributed by atoms with Crippen LogP contribution in [0.15, 0.2) is 0 Å². The van der Waals surface area contributed by atoms with Crippen molar-refractivity contribution in [3.63, 3.8) is 0 Å². The van der Waals surface area contributed by atoms with E-state index in [0.29, 0.717) is 7.35 Å². The van der Waals surface area contributed by atoms with E-state index < -0.39 is 0 Å². The van der Waals surface area contributed by atoms with Gasteiger partial charge < -0.3 is 0 Å². The first-order chi connectivity index (χ1) is 4.95. The summed E-state index contributed by atoms with van der Waals surface area (Å²) in [7, 11) is 4.78. The zero-order valence-electron chi connectivity index (χ0n) is 6.81. The molecule has 2 fully saturated rings. The van der Waals surface area contributed by atoms with E-state index >= 15 is 0 Å². The molecule has 0 aromatic heterocycles. The van der Waals surface area contributed by atoms with Crippen LogP contribution < -0.4 is 0 Å². The number of rotatable bonds is 2. The van der Waals surface area contributed by atoms with Crippen LogP contribution >= 0.6 is 0 Å². The van der Waals surface area contributed by atoms with Crippen LogP contribution in [0.5, 0.6) is 0 Å². The van der Waals surface area contributed by atoms with Crippen molar-refractivity contribution in [3.05, 3.63) is 0 Å². The molecule has 0 aromatic rings. The largest absolute Gasteiger partial charge is 0.0542 e. The quantitative estimate of drug-likeness (QED) is 0.432. The van der Waals surface area contributed by atoms with Gasteiger partial charge in [0.1, 0.15) is 0 Å². The predicted molar refractivity (Wildman–Crippen MR) is 67.5 cm³/mol. The van der Waals surface area contributed by atoms with Gasteiger partial charge in [-0.05, 0) is 41.6 Å². The van der Waals surface area contributed by atoms with E-state index in [9.17, 15) is 0 Å². The molecule has 1 aliphatic carbocycles. The van der Waals surface area contributed by atoms with E-state index in [1.807, 2.05) is 0 Å². The number of hydrogen-bond donors (Lipinski definition) is 0. The third kappa shape index (κ3) is 1.91. The van der Waals surface area contributed by atoms with Crippen LogP contribution in [0.1, 0.15) is 19.3 Å². The second kappa shape index (κ2) is 3.81. The highest BCUT2D eigenvalue weighted by Gasteiger charge is 2.25. The molecule has 1 heterocycles. The molecule has 2 rings (SSSR count). The third-order valence-corrected chi connectivity index (χ3v) is 133. The molecule has 2 aliphatic rings. The Balaban J connectivity index is 1.68. The Hall–Kier alpha value is 1.30. The van der Waals surface area contributed by atoms with Crippen molar-refractivity contribution >= 4 is 50.6 Å². The number of hydrogen-bond acceptors (Lipinski definition) is 0. The summed E-state index contributed by atoms with van der Waals surface area (Å²) in [5, 5.41) is 0. The van der Waals surface area contributed by atoms with Gasteiger partial charge in [-0.25, -0.2) is 0 Å². The van der Waals surface area contributed by atoms with Gasteiger partial charge in [-0.2, -0.15) is 0 Å². The molecular formula is C4H18Si6. The van der Waals surface area contributed by atoms with Gasteiger partial charge in [-0.1, -0.05) is 24.8 Å². The minimum atomic E-state index is 0.435. The second-order valence-corrected chi connectivity index (χ2v) is 63.1. The molecule has 1 saturated heterocycles. The Morgan fingerprint density at radius 2 is 1.90 bits per heavy atom. The zero-order chi connectivity index (χ0) is 6.81. The maximum absolute atomic E-state index is 1.72. The average molecular weight is 235 g/mol. The van der Waals surface area contributed by atoms with Crippen molar-refractivity contribution in [2.24, 2.45) is 0 Å². The van der Waals surface area contributed by atoms with Gasteiger partial charge in [0.05, 0.1) is 0 Å². The van der Waals surface area contributed by atoms with Gasteiger partial charge in [0.2, 0.25) is 0 Å². The lowest BCUT2D eigenvalue weighted by Crippen LogP contribution is -2.37. The topological polar surface area (TPSA) is 0 Å². The van der Waals surface area contributed by atoms with Gasteiger partial charge in [-0.15, -0.1) is 0 Å². The van der Waals surface area contributed by atoms with E-state index in [4.69, 9.17) is 0 Å². The van der Waals surface area contributed by atoms with Crippen LogP contribution in [0.3, 0.4) is 0 Å². The van der Waals surface area contributed by atoms with E-state index in [0.717, 1.165) is 43.3 Å². The second-order valence-electron chi connectivity index (χ2n) is 4.18. The lowest BCUT2D eigenvalue weighted by atomic mass is 10.00. The monoisotopic (exact) mass is 234 g/mol. The van der Waals surface area contributed by atoms with E-state index in [2.05, 4.69) is 0 Å². The Morgan fingerprint density at radius 3 is 2.40 bits per heavy atom. The van der Waals surface area contributed by atoms with Gasteiger partial charge in [0, 0.05) is 9.04 Å². The summed E-state index contributed by atoms with van der Waals surface area (Å²) < 4.78 is 0. The molecule has 0 amide bonds. The Labute approximate surface area is 75.4 Å². The summed E-state index contributed by atoms with van der Waals surface area (Å²) in [5.74, 6) is 0. The van der Waals surface area contributed by atoms with E-state index in [1.54, 1.807) is 19.3 Å². The molecule has 10 heavy (non-hydrogen) atoms. The molecule has 0 radical (unpaired) electrons. The molecule has 1 aliphatic heterocycles. The Kier molecular flexibility index (Phi) is 3.02. The van der Waals surface area contributed by atoms with Gasteiger partial charge in [0.15, 0.2) is 0 Å². The minimum Gasteiger partial charge on any atom is -0.0542 e. The highest BCUT2D eigenvalue weighted by Crippen LogP contribution is 2.31. The fraction of sp³-hybridized carbons (Fsp3) is 1.00. The summed E-state index contributed by atoms with van der Waals surface area (Å²) in [6.45, 7) is 0. The van der Waals surface area contributed by atoms with Crippen LogP contribution in [0.25, 0.3) is 0 Å². The van der Waals surface area contributed by atoms with Crippen molar-refractivity contribution in [1.29, 1.82) is 0 Å². The predicted octanol–water partition coefficient (Wildman–Crippen LogP) is -3.72. The molecule has 0 aromatic carbocycles. The zero-order valence-corrected chi connectivity index (χ0v) is 15.0. The van der Waals surface area contributed by atoms with Gasteiger partial charge in [-0.3, -0.25) is 0 Å². The summed E-state index contributed by atoms with van der Waals surface area (Å²) >= 11 is 0. The minimum absolute atomic E-state index is 0.435. The van der Waals surface area contributed by atoms with Gasteiger partial charge in [0.25, 0.3) is 0 Å². The molecule has 0 spiro atoms. The first-order valence-corrected chi connectivity index (χ1v) is 27.6. The molecule has 0 atom stereocenters. The van der Waals surface area contributed by atoms with Crippen molar-refractivity contribution in [2.75, 3.05) is 0 Å². The van der Waals surface area contributed by atoms with Crippen LogP contribution in [0, 0.1) is 0 Å². The molecule has 0 unspecified atom stereocenters. The molecule has 6 heteroatoms. The van der Waals surface area contributed by atoms with Crippen LogP contribution in [0.2, 0.25) is 5.54 Å². The summed E-state index contributed by atoms with van der Waals surface area (Å²) in [4.78, 5) is 0. The fourth-order valence-electron chi connectivity index (χ4n) is 2.45. The standard InChI is InChI=1S/C4H18Si6/c1-2-4(3-1)5-10-8-6-7-9-10/h4,10H,1-3,5-9H2. The molecule has 58 valence electrons. The van der Waals surface area contributed by atoms with E-state index in [-0.39, 0.29) is 0 Å². The van der Waals surface area contributed by atoms with E-state index in [1.165, 1.54) is 5.54 Å². The Bertz CT molecular complexity index is 106. The van der Waals surface area contributed by atoms with Gasteiger partial charge >= 0.3 is 0 Å². The molecule has 0 nitrogen and oxygen atoms in total. The third-order valence-electron chi connectivity index (χ3n) is 3.37. The first kappa shape index (κ1) is 7.93. The molecule has 0 bridgehead atoms. The maximum atomic E-state index is 1.72. The molecular weight excluding hydrogens is 217 g/mol. The highest BCUT2D eigenvalue weighted by molar-refractivity contribution is 7.89. The lowest BCUT2D eigenvalue weighted by molar-refractivity contribution is 0.502. The van der Waals surface area contributed by atoms with Crippen LogP contribution in [0.4, 0.5) is 0 Å². The van der Waals surface area contributed by atoms with Crippen molar-refractivity contribution in [1.82, 2.24) is 0 Å². The smallest absolute Gasteiger partial charge is 0.00896 e.